The first-order chi connectivity index (χ1) is 15.7. The Morgan fingerprint density at radius 1 is 0.727 bits per heavy atom. The fourth-order valence-electron chi connectivity index (χ4n) is 2.83. The van der Waals surface area contributed by atoms with E-state index < -0.39 is 23.6 Å². The first-order valence-corrected chi connectivity index (χ1v) is 10.5. The standard InChI is InChI=1S/C23H18N2O7S/c26-19-10-7-14(11-18(19)23(31)32)24-20(27)12-33-15-8-5-13(6-9-15)25-21(28)16-3-1-2-4-17(16)22(29)30/h1-11,26H,12H2,(H,24,27)(H,25,28)(H,29,30)(H,31,32). The van der Waals surface area contributed by atoms with E-state index in [9.17, 15) is 29.4 Å². The smallest absolute Gasteiger partial charge is 0.339 e. The average molecular weight is 466 g/mol. The second-order valence-corrected chi connectivity index (χ2v) is 7.75. The summed E-state index contributed by atoms with van der Waals surface area (Å²) in [6, 6.07) is 16.3. The maximum Gasteiger partial charge on any atom is 0.339 e. The van der Waals surface area contributed by atoms with Crippen LogP contribution in [0.4, 0.5) is 11.4 Å². The zero-order valence-electron chi connectivity index (χ0n) is 16.9. The highest BCUT2D eigenvalue weighted by Crippen LogP contribution is 2.24. The van der Waals surface area contributed by atoms with Crippen molar-refractivity contribution in [1.29, 1.82) is 0 Å². The summed E-state index contributed by atoms with van der Waals surface area (Å²) in [5.41, 5.74) is 0.330. The number of hydrogen-bond acceptors (Lipinski definition) is 6. The Bertz CT molecular complexity index is 1230. The summed E-state index contributed by atoms with van der Waals surface area (Å²) in [6.07, 6.45) is 0. The van der Waals surface area contributed by atoms with Crippen molar-refractivity contribution in [2.24, 2.45) is 0 Å². The molecule has 0 atom stereocenters. The van der Waals surface area contributed by atoms with Crippen LogP contribution < -0.4 is 10.6 Å². The second-order valence-electron chi connectivity index (χ2n) is 6.70. The highest BCUT2D eigenvalue weighted by Gasteiger charge is 2.16. The van der Waals surface area contributed by atoms with Gasteiger partial charge in [0.2, 0.25) is 5.91 Å². The number of hydrogen-bond donors (Lipinski definition) is 5. The predicted octanol–water partition coefficient (Wildman–Crippen LogP) is 3.77. The number of carbonyl (C=O) groups is 4. The first-order valence-electron chi connectivity index (χ1n) is 9.47. The molecule has 0 fully saturated rings. The molecule has 0 spiro atoms. The van der Waals surface area contributed by atoms with E-state index in [1.165, 1.54) is 48.2 Å². The largest absolute Gasteiger partial charge is 0.507 e. The van der Waals surface area contributed by atoms with Crippen molar-refractivity contribution in [2.45, 2.75) is 4.90 Å². The van der Waals surface area contributed by atoms with Crippen molar-refractivity contribution in [1.82, 2.24) is 0 Å². The number of benzene rings is 3. The molecule has 0 bridgehead atoms. The summed E-state index contributed by atoms with van der Waals surface area (Å²) in [5.74, 6) is -3.78. The number of thioether (sulfide) groups is 1. The summed E-state index contributed by atoms with van der Waals surface area (Å²) >= 11 is 1.22. The molecule has 0 saturated heterocycles. The Kier molecular flexibility index (Phi) is 7.31. The van der Waals surface area contributed by atoms with Gasteiger partial charge in [-0.05, 0) is 54.6 Å². The van der Waals surface area contributed by atoms with Crippen LogP contribution in [0.3, 0.4) is 0 Å². The molecule has 3 aromatic rings. The number of rotatable bonds is 8. The molecule has 0 unspecified atom stereocenters. The van der Waals surface area contributed by atoms with Gasteiger partial charge in [0.05, 0.1) is 16.9 Å². The lowest BCUT2D eigenvalue weighted by molar-refractivity contribution is -0.113. The van der Waals surface area contributed by atoms with Gasteiger partial charge in [0.1, 0.15) is 11.3 Å². The van der Waals surface area contributed by atoms with E-state index in [0.29, 0.717) is 5.69 Å². The van der Waals surface area contributed by atoms with Crippen molar-refractivity contribution in [3.05, 3.63) is 83.4 Å². The Morgan fingerprint density at radius 3 is 1.97 bits per heavy atom. The van der Waals surface area contributed by atoms with E-state index in [1.54, 1.807) is 30.3 Å². The zero-order valence-corrected chi connectivity index (χ0v) is 17.8. The molecule has 0 aliphatic carbocycles. The summed E-state index contributed by atoms with van der Waals surface area (Å²) < 4.78 is 0. The van der Waals surface area contributed by atoms with Crippen LogP contribution in [0, 0.1) is 0 Å². The third kappa shape index (κ3) is 6.11. The first kappa shape index (κ1) is 23.4. The van der Waals surface area contributed by atoms with Crippen LogP contribution in [0.2, 0.25) is 0 Å². The van der Waals surface area contributed by atoms with E-state index in [4.69, 9.17) is 5.11 Å². The molecule has 0 radical (unpaired) electrons. The van der Waals surface area contributed by atoms with Crippen LogP contribution in [0.5, 0.6) is 5.75 Å². The molecule has 10 heteroatoms. The zero-order chi connectivity index (χ0) is 24.0. The summed E-state index contributed by atoms with van der Waals surface area (Å²) in [7, 11) is 0. The number of aromatic hydroxyl groups is 1. The molecule has 0 saturated carbocycles. The van der Waals surface area contributed by atoms with Gasteiger partial charge in [0, 0.05) is 16.3 Å². The van der Waals surface area contributed by atoms with Gasteiger partial charge in [0.15, 0.2) is 0 Å². The molecule has 0 aromatic heterocycles. The van der Waals surface area contributed by atoms with Crippen molar-refractivity contribution < 1.29 is 34.5 Å². The lowest BCUT2D eigenvalue weighted by atomic mass is 10.1. The summed E-state index contributed by atoms with van der Waals surface area (Å²) in [6.45, 7) is 0. The van der Waals surface area contributed by atoms with Crippen LogP contribution in [0.1, 0.15) is 31.1 Å². The Balaban J connectivity index is 1.56. The second kappa shape index (κ2) is 10.3. The number of phenols is 1. The van der Waals surface area contributed by atoms with Crippen LogP contribution in [-0.2, 0) is 4.79 Å². The number of aromatic carboxylic acids is 2. The number of carboxylic acids is 2. The van der Waals surface area contributed by atoms with Crippen LogP contribution in [0.25, 0.3) is 0 Å². The van der Waals surface area contributed by atoms with Gasteiger partial charge in [-0.1, -0.05) is 12.1 Å². The average Bonchev–Trinajstić information content (AvgIpc) is 2.79. The van der Waals surface area contributed by atoms with Crippen molar-refractivity contribution in [3.63, 3.8) is 0 Å². The molecule has 5 N–H and O–H groups in total. The molecule has 33 heavy (non-hydrogen) atoms. The molecule has 0 aliphatic rings. The van der Waals surface area contributed by atoms with Gasteiger partial charge in [-0.25, -0.2) is 9.59 Å². The molecular formula is C23H18N2O7S. The van der Waals surface area contributed by atoms with Gasteiger partial charge in [-0.3, -0.25) is 9.59 Å². The number of anilines is 2. The number of carbonyl (C=O) groups excluding carboxylic acids is 2. The summed E-state index contributed by atoms with van der Waals surface area (Å²) in [4.78, 5) is 47.7. The molecule has 0 heterocycles. The van der Waals surface area contributed by atoms with Gasteiger partial charge in [-0.2, -0.15) is 0 Å². The lowest BCUT2D eigenvalue weighted by Crippen LogP contribution is -2.16. The van der Waals surface area contributed by atoms with E-state index in [1.807, 2.05) is 0 Å². The Morgan fingerprint density at radius 2 is 1.33 bits per heavy atom. The van der Waals surface area contributed by atoms with Gasteiger partial charge < -0.3 is 26.0 Å². The minimum absolute atomic E-state index is 0.0420. The lowest BCUT2D eigenvalue weighted by Gasteiger charge is -2.09. The van der Waals surface area contributed by atoms with Crippen LogP contribution in [-0.4, -0.2) is 44.8 Å². The normalized spacial score (nSPS) is 10.3. The maximum atomic E-state index is 12.4. The molecule has 9 nitrogen and oxygen atoms in total. The SMILES string of the molecule is O=C(CSc1ccc(NC(=O)c2ccccc2C(=O)O)cc1)Nc1ccc(O)c(C(=O)O)c1. The Labute approximate surface area is 192 Å². The molecular weight excluding hydrogens is 448 g/mol. The van der Waals surface area contributed by atoms with E-state index >= 15 is 0 Å². The highest BCUT2D eigenvalue weighted by molar-refractivity contribution is 8.00. The van der Waals surface area contributed by atoms with Crippen molar-refractivity contribution in [2.75, 3.05) is 16.4 Å². The fraction of sp³-hybridized carbons (Fsp3) is 0.0435. The third-order valence-corrected chi connectivity index (χ3v) is 5.41. The van der Waals surface area contributed by atoms with E-state index in [2.05, 4.69) is 10.6 Å². The molecule has 3 rings (SSSR count). The molecule has 168 valence electrons. The number of nitrogens with one attached hydrogen (secondary N) is 2. The molecule has 0 aliphatic heterocycles. The molecule has 2 amide bonds. The monoisotopic (exact) mass is 466 g/mol. The topological polar surface area (TPSA) is 153 Å². The predicted molar refractivity (Wildman–Crippen MR) is 122 cm³/mol. The minimum atomic E-state index is -1.31. The van der Waals surface area contributed by atoms with Gasteiger partial charge in [-0.15, -0.1) is 11.8 Å². The quantitative estimate of drug-likeness (QED) is 0.248. The van der Waals surface area contributed by atoms with E-state index in [0.717, 1.165) is 4.90 Å². The fourth-order valence-corrected chi connectivity index (χ4v) is 3.53. The van der Waals surface area contributed by atoms with Crippen molar-refractivity contribution in [3.8, 4) is 5.75 Å². The summed E-state index contributed by atoms with van der Waals surface area (Å²) in [5, 5.41) is 33.0. The highest BCUT2D eigenvalue weighted by atomic mass is 32.2. The van der Waals surface area contributed by atoms with Crippen molar-refractivity contribution >= 4 is 46.9 Å². The third-order valence-electron chi connectivity index (χ3n) is 4.39. The van der Waals surface area contributed by atoms with Gasteiger partial charge in [0.25, 0.3) is 5.91 Å². The van der Waals surface area contributed by atoms with Crippen LogP contribution in [0.15, 0.2) is 71.6 Å². The van der Waals surface area contributed by atoms with E-state index in [-0.39, 0.29) is 34.0 Å². The number of carboxylic acid groups (broad SMARTS) is 2. The van der Waals surface area contributed by atoms with Gasteiger partial charge >= 0.3 is 11.9 Å². The number of amides is 2. The minimum Gasteiger partial charge on any atom is -0.507 e. The Hall–Kier alpha value is -4.31. The van der Waals surface area contributed by atoms with Crippen LogP contribution >= 0.6 is 11.8 Å². The maximum absolute atomic E-state index is 12.4. The molecule has 3 aromatic carbocycles.